The van der Waals surface area contributed by atoms with E-state index in [1.165, 1.54) is 25.4 Å². The average Bonchev–Trinajstić information content (AvgIpc) is 3.45. The summed E-state index contributed by atoms with van der Waals surface area (Å²) >= 11 is 0. The number of hydrogen-bond acceptors (Lipinski definition) is 7. The minimum Gasteiger partial charge on any atom is -0.507 e. The van der Waals surface area contributed by atoms with Crippen LogP contribution in [-0.2, 0) is 9.59 Å². The van der Waals surface area contributed by atoms with Crippen molar-refractivity contribution >= 4 is 23.1 Å². The molecule has 2 aromatic carbocycles. The summed E-state index contributed by atoms with van der Waals surface area (Å²) in [4.78, 5) is 27.7. The summed E-state index contributed by atoms with van der Waals surface area (Å²) in [5, 5.41) is 11.2. The van der Waals surface area contributed by atoms with Gasteiger partial charge in [0.2, 0.25) is 0 Å². The molecule has 4 rings (SSSR count). The number of aliphatic hydroxyl groups is 1. The molecule has 0 saturated carbocycles. The van der Waals surface area contributed by atoms with Gasteiger partial charge in [0.1, 0.15) is 34.8 Å². The number of methoxy groups -OCH3 is 2. The van der Waals surface area contributed by atoms with E-state index >= 15 is 0 Å². The van der Waals surface area contributed by atoms with E-state index < -0.39 is 17.7 Å². The molecule has 176 valence electrons. The van der Waals surface area contributed by atoms with Crippen LogP contribution in [-0.4, -0.2) is 37.1 Å². The number of ketones is 1. The van der Waals surface area contributed by atoms with E-state index in [2.05, 4.69) is 0 Å². The predicted molar refractivity (Wildman–Crippen MR) is 125 cm³/mol. The van der Waals surface area contributed by atoms with Crippen LogP contribution in [0.2, 0.25) is 0 Å². The zero-order valence-electron chi connectivity index (χ0n) is 19.3. The zero-order valence-corrected chi connectivity index (χ0v) is 19.3. The summed E-state index contributed by atoms with van der Waals surface area (Å²) in [6.45, 7) is 3.82. The fraction of sp³-hybridized carbons (Fsp3) is 0.231. The van der Waals surface area contributed by atoms with Crippen LogP contribution < -0.4 is 19.1 Å². The van der Waals surface area contributed by atoms with Gasteiger partial charge in [0, 0.05) is 23.8 Å². The van der Waals surface area contributed by atoms with Crippen LogP contribution in [0.3, 0.4) is 0 Å². The Morgan fingerprint density at radius 3 is 2.15 bits per heavy atom. The molecule has 1 aliphatic rings. The maximum atomic E-state index is 13.2. The van der Waals surface area contributed by atoms with Crippen molar-refractivity contribution in [2.75, 3.05) is 19.1 Å². The Bertz CT molecular complexity index is 1200. The lowest BCUT2D eigenvalue weighted by molar-refractivity contribution is -0.132. The number of rotatable bonds is 7. The molecule has 1 saturated heterocycles. The van der Waals surface area contributed by atoms with Crippen LogP contribution in [0, 0.1) is 0 Å². The van der Waals surface area contributed by atoms with Gasteiger partial charge in [-0.2, -0.15) is 0 Å². The Morgan fingerprint density at radius 1 is 0.971 bits per heavy atom. The summed E-state index contributed by atoms with van der Waals surface area (Å²) in [6, 6.07) is 13.8. The molecule has 2 heterocycles. The Labute approximate surface area is 197 Å². The molecule has 34 heavy (non-hydrogen) atoms. The highest BCUT2D eigenvalue weighted by atomic mass is 16.5. The first-order valence-electron chi connectivity index (χ1n) is 10.7. The minimum absolute atomic E-state index is 0.0106. The van der Waals surface area contributed by atoms with Gasteiger partial charge in [0.05, 0.1) is 37.8 Å². The van der Waals surface area contributed by atoms with Gasteiger partial charge in [0.25, 0.3) is 11.7 Å². The number of amides is 1. The van der Waals surface area contributed by atoms with Crippen LogP contribution in [0.15, 0.2) is 70.9 Å². The number of benzene rings is 2. The number of anilines is 1. The lowest BCUT2D eigenvalue weighted by Crippen LogP contribution is -2.29. The molecular formula is C26H25NO7. The number of aliphatic hydroxyl groups excluding tert-OH is 1. The van der Waals surface area contributed by atoms with E-state index in [0.29, 0.717) is 34.3 Å². The standard InChI is InChI=1S/C26H25NO7/c1-15(2)34-18-9-7-16(8-10-18)24(28)22-23(21-6-5-11-33-21)27(26(30)25(22)29)17-12-19(31-3)14-20(13-17)32-4/h5-15,23,28H,1-4H3/b24-22-. The van der Waals surface area contributed by atoms with Gasteiger partial charge < -0.3 is 23.7 Å². The largest absolute Gasteiger partial charge is 0.507 e. The molecule has 1 fully saturated rings. The first kappa shape index (κ1) is 23.0. The number of hydrogen-bond donors (Lipinski definition) is 1. The molecule has 1 unspecified atom stereocenters. The summed E-state index contributed by atoms with van der Waals surface area (Å²) in [5.74, 6) is -0.125. The van der Waals surface area contributed by atoms with Gasteiger partial charge in [-0.05, 0) is 50.2 Å². The van der Waals surface area contributed by atoms with E-state index in [-0.39, 0.29) is 17.4 Å². The van der Waals surface area contributed by atoms with Crippen molar-refractivity contribution in [1.29, 1.82) is 0 Å². The number of carbonyl (C=O) groups is 2. The summed E-state index contributed by atoms with van der Waals surface area (Å²) in [5.41, 5.74) is 0.646. The van der Waals surface area contributed by atoms with Gasteiger partial charge in [-0.1, -0.05) is 0 Å². The van der Waals surface area contributed by atoms with Crippen molar-refractivity contribution in [3.8, 4) is 17.2 Å². The highest BCUT2D eigenvalue weighted by Gasteiger charge is 2.48. The molecule has 0 radical (unpaired) electrons. The fourth-order valence-corrected chi connectivity index (χ4v) is 3.87. The molecule has 1 atom stereocenters. The SMILES string of the molecule is COc1cc(OC)cc(N2C(=O)C(=O)/C(=C(\O)c3ccc(OC(C)C)cc3)C2c2ccco2)c1. The smallest absolute Gasteiger partial charge is 0.300 e. The van der Waals surface area contributed by atoms with Gasteiger partial charge in [0.15, 0.2) is 0 Å². The van der Waals surface area contributed by atoms with Crippen LogP contribution in [0.5, 0.6) is 17.2 Å². The van der Waals surface area contributed by atoms with E-state index in [4.69, 9.17) is 18.6 Å². The zero-order chi connectivity index (χ0) is 24.4. The van der Waals surface area contributed by atoms with E-state index in [0.717, 1.165) is 0 Å². The molecule has 8 nitrogen and oxygen atoms in total. The number of furan rings is 1. The van der Waals surface area contributed by atoms with E-state index in [1.54, 1.807) is 54.6 Å². The fourth-order valence-electron chi connectivity index (χ4n) is 3.87. The third kappa shape index (κ3) is 4.22. The van der Waals surface area contributed by atoms with E-state index in [1.807, 2.05) is 13.8 Å². The highest BCUT2D eigenvalue weighted by Crippen LogP contribution is 2.44. The number of nitrogens with zero attached hydrogens (tertiary/aromatic N) is 1. The summed E-state index contributed by atoms with van der Waals surface area (Å²) in [7, 11) is 2.98. The first-order valence-corrected chi connectivity index (χ1v) is 10.7. The van der Waals surface area contributed by atoms with Crippen molar-refractivity contribution in [3.05, 3.63) is 77.8 Å². The lowest BCUT2D eigenvalue weighted by Gasteiger charge is -2.24. The second-order valence-electron chi connectivity index (χ2n) is 7.95. The van der Waals surface area contributed by atoms with Crippen molar-refractivity contribution < 1.29 is 33.3 Å². The molecule has 0 aliphatic carbocycles. The normalized spacial score (nSPS) is 17.3. The highest BCUT2D eigenvalue weighted by molar-refractivity contribution is 6.51. The molecule has 0 spiro atoms. The molecule has 8 heteroatoms. The monoisotopic (exact) mass is 463 g/mol. The number of ether oxygens (including phenoxy) is 3. The van der Waals surface area contributed by atoms with Gasteiger partial charge in [-0.3, -0.25) is 14.5 Å². The molecule has 1 aliphatic heterocycles. The molecule has 1 N–H and O–H groups in total. The van der Waals surface area contributed by atoms with Crippen LogP contribution in [0.1, 0.15) is 31.2 Å². The van der Waals surface area contributed by atoms with Crippen LogP contribution in [0.4, 0.5) is 5.69 Å². The Hall–Kier alpha value is -4.20. The Balaban J connectivity index is 1.85. The Morgan fingerprint density at radius 2 is 1.62 bits per heavy atom. The van der Waals surface area contributed by atoms with Crippen LogP contribution >= 0.6 is 0 Å². The second-order valence-corrected chi connectivity index (χ2v) is 7.95. The average molecular weight is 463 g/mol. The molecule has 3 aromatic rings. The summed E-state index contributed by atoms with van der Waals surface area (Å²) in [6.07, 6.45) is 1.43. The van der Waals surface area contributed by atoms with Gasteiger partial charge in [-0.15, -0.1) is 0 Å². The molecule has 1 aromatic heterocycles. The third-order valence-corrected chi connectivity index (χ3v) is 5.37. The van der Waals surface area contributed by atoms with Crippen molar-refractivity contribution in [3.63, 3.8) is 0 Å². The van der Waals surface area contributed by atoms with Crippen molar-refractivity contribution in [1.82, 2.24) is 0 Å². The quantitative estimate of drug-likeness (QED) is 0.308. The maximum absolute atomic E-state index is 13.2. The minimum atomic E-state index is -0.988. The number of Topliss-reactive ketones (excluding diaryl/α,β-unsaturated/α-hetero) is 1. The maximum Gasteiger partial charge on any atom is 0.300 e. The molecule has 1 amide bonds. The molecular weight excluding hydrogens is 438 g/mol. The first-order chi connectivity index (χ1) is 16.3. The second kappa shape index (κ2) is 9.35. The van der Waals surface area contributed by atoms with Gasteiger partial charge in [-0.25, -0.2) is 0 Å². The Kier molecular flexibility index (Phi) is 6.32. The van der Waals surface area contributed by atoms with Gasteiger partial charge >= 0.3 is 0 Å². The lowest BCUT2D eigenvalue weighted by atomic mass is 9.99. The van der Waals surface area contributed by atoms with Crippen LogP contribution in [0.25, 0.3) is 5.76 Å². The van der Waals surface area contributed by atoms with Crippen molar-refractivity contribution in [2.24, 2.45) is 0 Å². The van der Waals surface area contributed by atoms with Crippen molar-refractivity contribution in [2.45, 2.75) is 26.0 Å². The summed E-state index contributed by atoms with van der Waals surface area (Å²) < 4.78 is 21.9. The predicted octanol–water partition coefficient (Wildman–Crippen LogP) is 4.71. The topological polar surface area (TPSA) is 98.4 Å². The third-order valence-electron chi connectivity index (χ3n) is 5.37. The number of carbonyl (C=O) groups excluding carboxylic acids is 2. The molecule has 0 bridgehead atoms. The van der Waals surface area contributed by atoms with E-state index in [9.17, 15) is 14.7 Å².